The fourth-order valence-corrected chi connectivity index (χ4v) is 6.28. The normalized spacial score (nSPS) is 34.4. The lowest BCUT2D eigenvalue weighted by Crippen LogP contribution is -2.62. The number of hydrogen-bond donors (Lipinski definition) is 2. The molecule has 1 aliphatic heterocycles. The number of rotatable bonds is 4. The van der Waals surface area contributed by atoms with Gasteiger partial charge in [0, 0.05) is 35.4 Å². The van der Waals surface area contributed by atoms with Crippen molar-refractivity contribution in [2.24, 2.45) is 0 Å². The average molecular weight is 422 g/mol. The highest BCUT2D eigenvalue weighted by Gasteiger charge is 2.53. The Kier molecular flexibility index (Phi) is 4.97. The van der Waals surface area contributed by atoms with E-state index in [1.54, 1.807) is 0 Å². The van der Waals surface area contributed by atoms with Crippen molar-refractivity contribution < 1.29 is 9.78 Å². The summed E-state index contributed by atoms with van der Waals surface area (Å²) in [5, 5.41) is 8.83. The number of anilines is 1. The van der Waals surface area contributed by atoms with Gasteiger partial charge >= 0.3 is 0 Å². The smallest absolute Gasteiger partial charge is 0.107 e. The molecule has 5 nitrogen and oxygen atoms in total. The van der Waals surface area contributed by atoms with E-state index in [9.17, 15) is 0 Å². The van der Waals surface area contributed by atoms with Crippen LogP contribution in [-0.4, -0.2) is 34.3 Å². The third-order valence-corrected chi connectivity index (χ3v) is 8.30. The standard InChI is InChI=1S/C26H35N3O2/c1-18-5-6-22-23(7-12-27-24(22)13-18)29-20-14-19(15-20)28-21-16-26(17-21)11-10-25(30-31-26)8-3-2-4-9-25/h5-7,12-13,19-21,28H,2-4,8-11,14-17H2,1H3,(H,27,29). The molecule has 0 amide bonds. The summed E-state index contributed by atoms with van der Waals surface area (Å²) < 4.78 is 0. The van der Waals surface area contributed by atoms with Crippen molar-refractivity contribution in [3.63, 3.8) is 0 Å². The molecule has 0 bridgehead atoms. The molecule has 0 atom stereocenters. The molecule has 166 valence electrons. The molecule has 3 aliphatic carbocycles. The Morgan fingerprint density at radius 1 is 0.871 bits per heavy atom. The maximum Gasteiger partial charge on any atom is 0.107 e. The van der Waals surface area contributed by atoms with Gasteiger partial charge in [0.15, 0.2) is 0 Å². The van der Waals surface area contributed by atoms with Crippen LogP contribution in [0.25, 0.3) is 10.9 Å². The van der Waals surface area contributed by atoms with Gasteiger partial charge in [0.2, 0.25) is 0 Å². The van der Waals surface area contributed by atoms with Crippen molar-refractivity contribution in [3.05, 3.63) is 36.0 Å². The van der Waals surface area contributed by atoms with Gasteiger partial charge in [0.05, 0.1) is 5.52 Å². The molecule has 2 aromatic rings. The van der Waals surface area contributed by atoms with Gasteiger partial charge in [-0.2, -0.15) is 0 Å². The summed E-state index contributed by atoms with van der Waals surface area (Å²) in [7, 11) is 0. The van der Waals surface area contributed by atoms with Crippen LogP contribution in [0.1, 0.15) is 76.2 Å². The van der Waals surface area contributed by atoms with Crippen LogP contribution in [0.3, 0.4) is 0 Å². The van der Waals surface area contributed by atoms with Gasteiger partial charge in [0.1, 0.15) is 11.2 Å². The number of nitrogens with one attached hydrogen (secondary N) is 2. The van der Waals surface area contributed by atoms with E-state index < -0.39 is 0 Å². The van der Waals surface area contributed by atoms with Crippen LogP contribution in [0.5, 0.6) is 0 Å². The molecule has 1 aromatic heterocycles. The van der Waals surface area contributed by atoms with Crippen LogP contribution in [0.15, 0.2) is 30.5 Å². The summed E-state index contributed by atoms with van der Waals surface area (Å²) in [6, 6.07) is 10.4. The van der Waals surface area contributed by atoms with Crippen LogP contribution in [-0.2, 0) is 9.78 Å². The Labute approximate surface area is 185 Å². The Bertz CT molecular complexity index is 931. The number of aryl methyl sites for hydroxylation is 1. The van der Waals surface area contributed by atoms with Gasteiger partial charge in [-0.05, 0) is 76.0 Å². The third kappa shape index (κ3) is 3.85. The number of hydrogen-bond acceptors (Lipinski definition) is 5. The Morgan fingerprint density at radius 3 is 2.42 bits per heavy atom. The summed E-state index contributed by atoms with van der Waals surface area (Å²) in [5.41, 5.74) is 3.58. The number of nitrogens with zero attached hydrogens (tertiary/aromatic N) is 1. The minimum Gasteiger partial charge on any atom is -0.382 e. The van der Waals surface area contributed by atoms with Gasteiger partial charge in [-0.3, -0.25) is 4.98 Å². The van der Waals surface area contributed by atoms with Crippen molar-refractivity contribution >= 4 is 16.6 Å². The summed E-state index contributed by atoms with van der Waals surface area (Å²) in [6.07, 6.45) is 15.2. The minimum atomic E-state index is -0.00412. The van der Waals surface area contributed by atoms with Gasteiger partial charge in [-0.15, -0.1) is 0 Å². The van der Waals surface area contributed by atoms with Crippen LogP contribution >= 0.6 is 0 Å². The molecular formula is C26H35N3O2. The summed E-state index contributed by atoms with van der Waals surface area (Å²) in [4.78, 5) is 16.6. The quantitative estimate of drug-likeness (QED) is 0.646. The van der Waals surface area contributed by atoms with Crippen molar-refractivity contribution in [1.82, 2.24) is 10.3 Å². The average Bonchev–Trinajstić information content (AvgIpc) is 2.73. The molecule has 0 radical (unpaired) electrons. The summed E-state index contributed by atoms with van der Waals surface area (Å²) in [6.45, 7) is 2.12. The number of fused-ring (bicyclic) bond motifs is 1. The van der Waals surface area contributed by atoms with Gasteiger partial charge < -0.3 is 10.6 Å². The molecule has 2 N–H and O–H groups in total. The first-order chi connectivity index (χ1) is 15.1. The molecule has 3 saturated carbocycles. The number of benzene rings is 1. The van der Waals surface area contributed by atoms with E-state index in [4.69, 9.17) is 9.78 Å². The van der Waals surface area contributed by atoms with E-state index in [0.717, 1.165) is 18.4 Å². The lowest BCUT2D eigenvalue weighted by Gasteiger charge is -2.54. The van der Waals surface area contributed by atoms with Crippen LogP contribution in [0.4, 0.5) is 5.69 Å². The lowest BCUT2D eigenvalue weighted by molar-refractivity contribution is -0.459. The van der Waals surface area contributed by atoms with Gasteiger partial charge in [-0.1, -0.05) is 31.4 Å². The Hall–Kier alpha value is -1.69. The van der Waals surface area contributed by atoms with E-state index in [1.807, 2.05) is 6.20 Å². The first-order valence-electron chi connectivity index (χ1n) is 12.4. The lowest BCUT2D eigenvalue weighted by atomic mass is 9.68. The fraction of sp³-hybridized carbons (Fsp3) is 0.654. The third-order valence-electron chi connectivity index (χ3n) is 8.30. The topological polar surface area (TPSA) is 55.4 Å². The second-order valence-electron chi connectivity index (χ2n) is 10.8. The highest BCUT2D eigenvalue weighted by atomic mass is 17.2. The van der Waals surface area contributed by atoms with Gasteiger partial charge in [0.25, 0.3) is 0 Å². The molecule has 1 aromatic carbocycles. The maximum absolute atomic E-state index is 6.05. The molecule has 4 fully saturated rings. The van der Waals surface area contributed by atoms with Crippen molar-refractivity contribution in [3.8, 4) is 0 Å². The molecule has 1 saturated heterocycles. The largest absolute Gasteiger partial charge is 0.382 e. The Balaban J connectivity index is 0.963. The number of aromatic nitrogens is 1. The molecule has 2 heterocycles. The predicted octanol–water partition coefficient (Wildman–Crippen LogP) is 5.42. The molecule has 5 heteroatoms. The molecular weight excluding hydrogens is 386 g/mol. The zero-order valence-electron chi connectivity index (χ0n) is 18.7. The van der Waals surface area contributed by atoms with Gasteiger partial charge in [-0.25, -0.2) is 9.78 Å². The summed E-state index contributed by atoms with van der Waals surface area (Å²) >= 11 is 0. The first-order valence-corrected chi connectivity index (χ1v) is 12.4. The van der Waals surface area contributed by atoms with E-state index >= 15 is 0 Å². The van der Waals surface area contributed by atoms with Crippen LogP contribution < -0.4 is 10.6 Å². The fourth-order valence-electron chi connectivity index (χ4n) is 6.28. The van der Waals surface area contributed by atoms with Crippen molar-refractivity contribution in [2.45, 2.75) is 107 Å². The highest BCUT2D eigenvalue weighted by Crippen LogP contribution is 2.50. The molecule has 0 unspecified atom stereocenters. The van der Waals surface area contributed by atoms with E-state index in [0.29, 0.717) is 18.1 Å². The highest BCUT2D eigenvalue weighted by molar-refractivity contribution is 5.91. The molecule has 2 spiro atoms. The SMILES string of the molecule is Cc1ccc2c(NC3CC(NC4CC5(CCC6(CCCCC6)OO5)C4)C3)ccnc2c1. The van der Waals surface area contributed by atoms with Crippen LogP contribution in [0.2, 0.25) is 0 Å². The van der Waals surface area contributed by atoms with E-state index in [1.165, 1.54) is 74.4 Å². The predicted molar refractivity (Wildman–Crippen MR) is 123 cm³/mol. The first kappa shape index (κ1) is 20.0. The molecule has 31 heavy (non-hydrogen) atoms. The second-order valence-corrected chi connectivity index (χ2v) is 10.8. The van der Waals surface area contributed by atoms with Crippen LogP contribution in [0, 0.1) is 6.92 Å². The number of pyridine rings is 1. The molecule has 6 rings (SSSR count). The van der Waals surface area contributed by atoms with Crippen molar-refractivity contribution in [1.29, 1.82) is 0 Å². The summed E-state index contributed by atoms with van der Waals surface area (Å²) in [5.74, 6) is 0. The van der Waals surface area contributed by atoms with E-state index in [-0.39, 0.29) is 11.2 Å². The zero-order valence-corrected chi connectivity index (χ0v) is 18.7. The van der Waals surface area contributed by atoms with E-state index in [2.05, 4.69) is 46.8 Å². The maximum atomic E-state index is 6.05. The Morgan fingerprint density at radius 2 is 1.65 bits per heavy atom. The molecule has 4 aliphatic rings. The zero-order chi connectivity index (χ0) is 20.9. The second kappa shape index (κ2) is 7.72. The monoisotopic (exact) mass is 421 g/mol. The minimum absolute atomic E-state index is 0.00412. The van der Waals surface area contributed by atoms with Crippen molar-refractivity contribution in [2.75, 3.05) is 5.32 Å².